The van der Waals surface area contributed by atoms with Crippen molar-refractivity contribution in [3.8, 4) is 5.75 Å². The van der Waals surface area contributed by atoms with E-state index in [1.807, 2.05) is 19.9 Å². The van der Waals surface area contributed by atoms with E-state index in [4.69, 9.17) is 4.74 Å². The van der Waals surface area contributed by atoms with Gasteiger partial charge in [0.15, 0.2) is 6.29 Å². The number of rotatable bonds is 3. The van der Waals surface area contributed by atoms with Gasteiger partial charge in [-0.15, -0.1) is 0 Å². The summed E-state index contributed by atoms with van der Waals surface area (Å²) in [6.07, 6.45) is 2.41. The molecule has 2 nitrogen and oxygen atoms in total. The van der Waals surface area contributed by atoms with Crippen molar-refractivity contribution in [2.45, 2.75) is 13.8 Å². The molecule has 0 fully saturated rings. The minimum atomic E-state index is 0.569. The highest BCUT2D eigenvalue weighted by atomic mass is 16.5. The Kier molecular flexibility index (Phi) is 3.26. The molecule has 13 heavy (non-hydrogen) atoms. The lowest BCUT2D eigenvalue weighted by molar-refractivity contribution is 0.112. The van der Waals surface area contributed by atoms with Crippen molar-refractivity contribution in [2.24, 2.45) is 0 Å². The SMILES string of the molecule is CC(C)=COc1ccccc1C=O. The van der Waals surface area contributed by atoms with Crippen LogP contribution in [0.25, 0.3) is 0 Å². The standard InChI is InChI=1S/C11H12O2/c1-9(2)8-13-11-6-4-3-5-10(11)7-12/h3-8H,1-2H3. The summed E-state index contributed by atoms with van der Waals surface area (Å²) in [6, 6.07) is 7.13. The van der Waals surface area contributed by atoms with Crippen LogP contribution in [0.3, 0.4) is 0 Å². The number of carbonyl (C=O) groups excluding carboxylic acids is 1. The summed E-state index contributed by atoms with van der Waals surface area (Å²) in [5, 5.41) is 0. The number of hydrogen-bond acceptors (Lipinski definition) is 2. The van der Waals surface area contributed by atoms with Crippen LogP contribution in [-0.4, -0.2) is 6.29 Å². The van der Waals surface area contributed by atoms with Crippen LogP contribution in [0.5, 0.6) is 5.75 Å². The molecule has 1 aromatic rings. The van der Waals surface area contributed by atoms with Gasteiger partial charge >= 0.3 is 0 Å². The Morgan fingerprint density at radius 3 is 2.62 bits per heavy atom. The molecular formula is C11H12O2. The maximum absolute atomic E-state index is 10.6. The third kappa shape index (κ3) is 2.75. The van der Waals surface area contributed by atoms with Gasteiger partial charge in [-0.1, -0.05) is 12.1 Å². The average molecular weight is 176 g/mol. The molecule has 0 atom stereocenters. The van der Waals surface area contributed by atoms with Crippen molar-refractivity contribution < 1.29 is 9.53 Å². The van der Waals surface area contributed by atoms with Crippen LogP contribution in [0.1, 0.15) is 24.2 Å². The van der Waals surface area contributed by atoms with E-state index in [9.17, 15) is 4.79 Å². The van der Waals surface area contributed by atoms with E-state index in [-0.39, 0.29) is 0 Å². The summed E-state index contributed by atoms with van der Waals surface area (Å²) in [5.74, 6) is 0.596. The third-order valence-electron chi connectivity index (χ3n) is 1.47. The lowest BCUT2D eigenvalue weighted by atomic mass is 10.2. The van der Waals surface area contributed by atoms with Crippen molar-refractivity contribution >= 4 is 6.29 Å². The summed E-state index contributed by atoms with van der Waals surface area (Å²) in [4.78, 5) is 10.6. The van der Waals surface area contributed by atoms with Gasteiger partial charge in [-0.05, 0) is 31.6 Å². The van der Waals surface area contributed by atoms with Crippen molar-refractivity contribution in [3.05, 3.63) is 41.7 Å². The van der Waals surface area contributed by atoms with Gasteiger partial charge < -0.3 is 4.74 Å². The molecular weight excluding hydrogens is 164 g/mol. The number of hydrogen-bond donors (Lipinski definition) is 0. The van der Waals surface area contributed by atoms with E-state index in [1.165, 1.54) is 0 Å². The molecule has 1 rings (SSSR count). The minimum Gasteiger partial charge on any atom is -0.464 e. The molecule has 0 N–H and O–H groups in total. The minimum absolute atomic E-state index is 0.569. The number of allylic oxidation sites excluding steroid dienone is 1. The second-order valence-corrected chi connectivity index (χ2v) is 2.97. The van der Waals surface area contributed by atoms with Crippen molar-refractivity contribution in [1.29, 1.82) is 0 Å². The molecule has 0 aliphatic heterocycles. The largest absolute Gasteiger partial charge is 0.464 e. The van der Waals surface area contributed by atoms with E-state index in [0.29, 0.717) is 11.3 Å². The third-order valence-corrected chi connectivity index (χ3v) is 1.47. The Morgan fingerprint density at radius 1 is 1.31 bits per heavy atom. The lowest BCUT2D eigenvalue weighted by Gasteiger charge is -2.02. The quantitative estimate of drug-likeness (QED) is 0.523. The molecule has 0 amide bonds. The maximum atomic E-state index is 10.6. The molecule has 0 aromatic heterocycles. The Morgan fingerprint density at radius 2 is 2.00 bits per heavy atom. The topological polar surface area (TPSA) is 26.3 Å². The van der Waals surface area contributed by atoms with E-state index in [0.717, 1.165) is 11.9 Å². The number of benzene rings is 1. The Hall–Kier alpha value is -1.57. The molecule has 1 aromatic carbocycles. The highest BCUT2D eigenvalue weighted by Crippen LogP contribution is 2.16. The predicted molar refractivity (Wildman–Crippen MR) is 51.9 cm³/mol. The number of carbonyl (C=O) groups is 1. The highest BCUT2D eigenvalue weighted by Gasteiger charge is 1.98. The predicted octanol–water partition coefficient (Wildman–Crippen LogP) is 2.80. The highest BCUT2D eigenvalue weighted by molar-refractivity contribution is 5.79. The molecule has 68 valence electrons. The Bertz CT molecular complexity index is 323. The van der Waals surface area contributed by atoms with Crippen molar-refractivity contribution in [3.63, 3.8) is 0 Å². The Balaban J connectivity index is 2.87. The maximum Gasteiger partial charge on any atom is 0.153 e. The monoisotopic (exact) mass is 176 g/mol. The molecule has 0 aliphatic carbocycles. The zero-order valence-corrected chi connectivity index (χ0v) is 7.78. The van der Waals surface area contributed by atoms with Gasteiger partial charge in [0.2, 0.25) is 0 Å². The van der Waals surface area contributed by atoms with E-state index >= 15 is 0 Å². The Labute approximate surface area is 77.8 Å². The number of aldehydes is 1. The molecule has 0 saturated heterocycles. The molecule has 0 bridgehead atoms. The van der Waals surface area contributed by atoms with Crippen LogP contribution in [0.15, 0.2) is 36.1 Å². The normalized spacial score (nSPS) is 9.08. The molecule has 0 saturated carbocycles. The van der Waals surface area contributed by atoms with Crippen LogP contribution >= 0.6 is 0 Å². The van der Waals surface area contributed by atoms with Crippen LogP contribution in [0.2, 0.25) is 0 Å². The fraction of sp³-hybridized carbons (Fsp3) is 0.182. The number of ether oxygens (including phenoxy) is 1. The van der Waals surface area contributed by atoms with Crippen molar-refractivity contribution in [1.82, 2.24) is 0 Å². The van der Waals surface area contributed by atoms with Crippen LogP contribution in [0.4, 0.5) is 0 Å². The van der Waals surface area contributed by atoms with Gasteiger partial charge in [-0.3, -0.25) is 4.79 Å². The van der Waals surface area contributed by atoms with E-state index < -0.39 is 0 Å². The van der Waals surface area contributed by atoms with Gasteiger partial charge in [0, 0.05) is 0 Å². The summed E-state index contributed by atoms with van der Waals surface area (Å²) in [7, 11) is 0. The second kappa shape index (κ2) is 4.45. The molecule has 0 heterocycles. The zero-order chi connectivity index (χ0) is 9.68. The van der Waals surface area contributed by atoms with Gasteiger partial charge in [-0.2, -0.15) is 0 Å². The van der Waals surface area contributed by atoms with Crippen LogP contribution in [0, 0.1) is 0 Å². The fourth-order valence-corrected chi connectivity index (χ4v) is 0.867. The van der Waals surface area contributed by atoms with Gasteiger partial charge in [0.05, 0.1) is 11.8 Å². The van der Waals surface area contributed by atoms with Gasteiger partial charge in [0.25, 0.3) is 0 Å². The average Bonchev–Trinajstić information content (AvgIpc) is 2.15. The number of para-hydroxylation sites is 1. The molecule has 0 aliphatic rings. The first kappa shape index (κ1) is 9.52. The molecule has 0 unspecified atom stereocenters. The summed E-state index contributed by atoms with van der Waals surface area (Å²) in [6.45, 7) is 3.87. The van der Waals surface area contributed by atoms with Gasteiger partial charge in [-0.25, -0.2) is 0 Å². The van der Waals surface area contributed by atoms with E-state index in [1.54, 1.807) is 24.5 Å². The first-order valence-electron chi connectivity index (χ1n) is 4.08. The first-order chi connectivity index (χ1) is 6.24. The fourth-order valence-electron chi connectivity index (χ4n) is 0.867. The summed E-state index contributed by atoms with van der Waals surface area (Å²) >= 11 is 0. The second-order valence-electron chi connectivity index (χ2n) is 2.97. The smallest absolute Gasteiger partial charge is 0.153 e. The van der Waals surface area contributed by atoms with Crippen molar-refractivity contribution in [2.75, 3.05) is 0 Å². The molecule has 0 spiro atoms. The first-order valence-corrected chi connectivity index (χ1v) is 4.08. The summed E-state index contributed by atoms with van der Waals surface area (Å²) in [5.41, 5.74) is 1.63. The van der Waals surface area contributed by atoms with Crippen LogP contribution in [-0.2, 0) is 0 Å². The molecule has 2 heteroatoms. The van der Waals surface area contributed by atoms with Gasteiger partial charge in [0.1, 0.15) is 5.75 Å². The molecule has 0 radical (unpaired) electrons. The van der Waals surface area contributed by atoms with Crippen LogP contribution < -0.4 is 4.74 Å². The van der Waals surface area contributed by atoms with E-state index in [2.05, 4.69) is 0 Å². The zero-order valence-electron chi connectivity index (χ0n) is 7.78. The summed E-state index contributed by atoms with van der Waals surface area (Å²) < 4.78 is 5.30. The lowest BCUT2D eigenvalue weighted by Crippen LogP contribution is -1.89.